The molecule has 1 aromatic heterocycles. The summed E-state index contributed by atoms with van der Waals surface area (Å²) in [4.78, 5) is 17.2. The zero-order valence-corrected chi connectivity index (χ0v) is 12.7. The first-order chi connectivity index (χ1) is 10.6. The standard InChI is InChI=1S/C15H16ClN3O3/c16-12-5-3-10(4-6-12)14-17-15(22-18-14)11-2-1-7-19(8-11)9-13(20)21/h3-6,11H,1-2,7-9H2,(H,20,21)/t11-/m0/s1. The van der Waals surface area contributed by atoms with Gasteiger partial charge in [-0.2, -0.15) is 4.98 Å². The van der Waals surface area contributed by atoms with Gasteiger partial charge in [-0.25, -0.2) is 0 Å². The number of carbonyl (C=O) groups is 1. The largest absolute Gasteiger partial charge is 0.480 e. The quantitative estimate of drug-likeness (QED) is 0.932. The molecule has 1 fully saturated rings. The molecule has 0 bridgehead atoms. The number of hydrogen-bond donors (Lipinski definition) is 1. The van der Waals surface area contributed by atoms with Crippen molar-refractivity contribution in [3.8, 4) is 11.4 Å². The molecular weight excluding hydrogens is 306 g/mol. The third kappa shape index (κ3) is 3.45. The average Bonchev–Trinajstić information content (AvgIpc) is 2.97. The molecule has 0 aliphatic carbocycles. The van der Waals surface area contributed by atoms with Gasteiger partial charge in [-0.05, 0) is 43.7 Å². The smallest absolute Gasteiger partial charge is 0.317 e. The molecule has 3 rings (SSSR count). The first-order valence-electron chi connectivity index (χ1n) is 7.15. The van der Waals surface area contributed by atoms with Crippen molar-refractivity contribution in [3.63, 3.8) is 0 Å². The predicted molar refractivity (Wildman–Crippen MR) is 80.8 cm³/mol. The minimum absolute atomic E-state index is 0.0503. The van der Waals surface area contributed by atoms with Gasteiger partial charge in [0.1, 0.15) is 0 Å². The highest BCUT2D eigenvalue weighted by Crippen LogP contribution is 2.27. The number of carboxylic acid groups (broad SMARTS) is 1. The lowest BCUT2D eigenvalue weighted by atomic mass is 9.98. The lowest BCUT2D eigenvalue weighted by Crippen LogP contribution is -2.38. The fourth-order valence-electron chi connectivity index (χ4n) is 2.71. The summed E-state index contributed by atoms with van der Waals surface area (Å²) in [7, 11) is 0. The molecule has 1 aromatic carbocycles. The molecular formula is C15H16ClN3O3. The van der Waals surface area contributed by atoms with Gasteiger partial charge in [0.2, 0.25) is 11.7 Å². The Bertz CT molecular complexity index is 656. The Kier molecular flexibility index (Phi) is 4.40. The normalized spacial score (nSPS) is 19.2. The van der Waals surface area contributed by atoms with Crippen LogP contribution in [-0.2, 0) is 4.79 Å². The van der Waals surface area contributed by atoms with E-state index in [2.05, 4.69) is 10.1 Å². The van der Waals surface area contributed by atoms with Crippen molar-refractivity contribution in [3.05, 3.63) is 35.2 Å². The highest BCUT2D eigenvalue weighted by Gasteiger charge is 2.27. The third-order valence-electron chi connectivity index (χ3n) is 3.76. The van der Waals surface area contributed by atoms with Crippen molar-refractivity contribution >= 4 is 17.6 Å². The van der Waals surface area contributed by atoms with Crippen LogP contribution in [0.4, 0.5) is 0 Å². The topological polar surface area (TPSA) is 79.5 Å². The summed E-state index contributed by atoms with van der Waals surface area (Å²) in [5.74, 6) is 0.372. The first-order valence-corrected chi connectivity index (χ1v) is 7.53. The summed E-state index contributed by atoms with van der Waals surface area (Å²) in [5, 5.41) is 13.6. The third-order valence-corrected chi connectivity index (χ3v) is 4.01. The second kappa shape index (κ2) is 6.46. The van der Waals surface area contributed by atoms with E-state index in [9.17, 15) is 4.79 Å². The summed E-state index contributed by atoms with van der Waals surface area (Å²) >= 11 is 5.87. The summed E-state index contributed by atoms with van der Waals surface area (Å²) < 4.78 is 5.37. The number of piperidine rings is 1. The molecule has 0 amide bonds. The Labute approximate surface area is 132 Å². The minimum Gasteiger partial charge on any atom is -0.480 e. The maximum absolute atomic E-state index is 10.8. The number of aromatic nitrogens is 2. The van der Waals surface area contributed by atoms with E-state index in [4.69, 9.17) is 21.2 Å². The number of nitrogens with zero attached hydrogens (tertiary/aromatic N) is 3. The van der Waals surface area contributed by atoms with E-state index in [1.165, 1.54) is 0 Å². The Morgan fingerprint density at radius 2 is 2.18 bits per heavy atom. The maximum Gasteiger partial charge on any atom is 0.317 e. The van der Waals surface area contributed by atoms with Crippen LogP contribution >= 0.6 is 11.6 Å². The highest BCUT2D eigenvalue weighted by atomic mass is 35.5. The first kappa shape index (κ1) is 15.0. The lowest BCUT2D eigenvalue weighted by Gasteiger charge is -2.29. The molecule has 2 heterocycles. The molecule has 22 heavy (non-hydrogen) atoms. The van der Waals surface area contributed by atoms with Crippen LogP contribution in [0.15, 0.2) is 28.8 Å². The van der Waals surface area contributed by atoms with Crippen LogP contribution in [0.5, 0.6) is 0 Å². The fraction of sp³-hybridized carbons (Fsp3) is 0.400. The average molecular weight is 322 g/mol. The zero-order valence-electron chi connectivity index (χ0n) is 11.9. The Hall–Kier alpha value is -1.92. The lowest BCUT2D eigenvalue weighted by molar-refractivity contribution is -0.138. The Balaban J connectivity index is 1.73. The van der Waals surface area contributed by atoms with E-state index in [0.717, 1.165) is 24.9 Å². The minimum atomic E-state index is -0.812. The van der Waals surface area contributed by atoms with Crippen LogP contribution in [0.1, 0.15) is 24.7 Å². The number of aliphatic carboxylic acids is 1. The van der Waals surface area contributed by atoms with E-state index >= 15 is 0 Å². The monoisotopic (exact) mass is 321 g/mol. The maximum atomic E-state index is 10.8. The molecule has 0 radical (unpaired) electrons. The Morgan fingerprint density at radius 1 is 1.41 bits per heavy atom. The van der Waals surface area contributed by atoms with Crippen molar-refractivity contribution in [1.82, 2.24) is 15.0 Å². The van der Waals surface area contributed by atoms with Crippen molar-refractivity contribution < 1.29 is 14.4 Å². The van der Waals surface area contributed by atoms with E-state index in [-0.39, 0.29) is 12.5 Å². The van der Waals surface area contributed by atoms with Gasteiger partial charge in [0, 0.05) is 17.1 Å². The van der Waals surface area contributed by atoms with Crippen molar-refractivity contribution in [2.24, 2.45) is 0 Å². The number of hydrogen-bond acceptors (Lipinski definition) is 5. The molecule has 1 saturated heterocycles. The van der Waals surface area contributed by atoms with Crippen LogP contribution in [-0.4, -0.2) is 45.8 Å². The van der Waals surface area contributed by atoms with Gasteiger partial charge in [0.25, 0.3) is 0 Å². The van der Waals surface area contributed by atoms with Gasteiger partial charge in [-0.3, -0.25) is 9.69 Å². The number of benzene rings is 1. The molecule has 2 aromatic rings. The summed E-state index contributed by atoms with van der Waals surface area (Å²) in [6.45, 7) is 1.48. The molecule has 6 nitrogen and oxygen atoms in total. The van der Waals surface area contributed by atoms with Gasteiger partial charge in [-0.15, -0.1) is 0 Å². The molecule has 1 atom stereocenters. The van der Waals surface area contributed by atoms with Crippen molar-refractivity contribution in [2.75, 3.05) is 19.6 Å². The van der Waals surface area contributed by atoms with Gasteiger partial charge < -0.3 is 9.63 Å². The summed E-state index contributed by atoms with van der Waals surface area (Å²) in [5.41, 5.74) is 0.845. The molecule has 1 N–H and O–H groups in total. The van der Waals surface area contributed by atoms with E-state index in [0.29, 0.717) is 23.3 Å². The molecule has 7 heteroatoms. The number of rotatable bonds is 4. The zero-order chi connectivity index (χ0) is 15.5. The number of carboxylic acids is 1. The van der Waals surface area contributed by atoms with Crippen LogP contribution in [0.25, 0.3) is 11.4 Å². The van der Waals surface area contributed by atoms with Crippen LogP contribution in [0.2, 0.25) is 5.02 Å². The fourth-order valence-corrected chi connectivity index (χ4v) is 2.84. The molecule has 0 saturated carbocycles. The summed E-state index contributed by atoms with van der Waals surface area (Å²) in [6.07, 6.45) is 1.86. The van der Waals surface area contributed by atoms with Crippen LogP contribution in [0, 0.1) is 0 Å². The number of likely N-dealkylation sites (tertiary alicyclic amines) is 1. The van der Waals surface area contributed by atoms with Crippen molar-refractivity contribution in [1.29, 1.82) is 0 Å². The SMILES string of the molecule is O=C(O)CN1CCC[C@H](c2nc(-c3ccc(Cl)cc3)no2)C1. The van der Waals surface area contributed by atoms with E-state index in [1.807, 2.05) is 17.0 Å². The number of halogens is 1. The molecule has 1 aliphatic heterocycles. The molecule has 0 spiro atoms. The molecule has 1 aliphatic rings. The van der Waals surface area contributed by atoms with E-state index in [1.54, 1.807) is 12.1 Å². The van der Waals surface area contributed by atoms with Gasteiger partial charge in [0.05, 0.1) is 12.5 Å². The Morgan fingerprint density at radius 3 is 2.91 bits per heavy atom. The molecule has 116 valence electrons. The second-order valence-electron chi connectivity index (χ2n) is 5.43. The van der Waals surface area contributed by atoms with Crippen molar-refractivity contribution in [2.45, 2.75) is 18.8 Å². The van der Waals surface area contributed by atoms with E-state index < -0.39 is 5.97 Å². The van der Waals surface area contributed by atoms with Gasteiger partial charge in [0.15, 0.2) is 0 Å². The second-order valence-corrected chi connectivity index (χ2v) is 5.87. The van der Waals surface area contributed by atoms with Crippen LogP contribution < -0.4 is 0 Å². The van der Waals surface area contributed by atoms with Gasteiger partial charge in [-0.1, -0.05) is 16.8 Å². The summed E-state index contributed by atoms with van der Waals surface area (Å²) in [6, 6.07) is 7.24. The van der Waals surface area contributed by atoms with Crippen LogP contribution in [0.3, 0.4) is 0 Å². The predicted octanol–water partition coefficient (Wildman–Crippen LogP) is 2.65. The molecule has 0 unspecified atom stereocenters. The highest BCUT2D eigenvalue weighted by molar-refractivity contribution is 6.30. The van der Waals surface area contributed by atoms with Gasteiger partial charge >= 0.3 is 5.97 Å².